The van der Waals surface area contributed by atoms with Gasteiger partial charge in [-0.25, -0.2) is 9.07 Å². The first-order chi connectivity index (χ1) is 15.0. The number of fused-ring (bicyclic) bond motifs is 1. The molecule has 1 aromatic carbocycles. The summed E-state index contributed by atoms with van der Waals surface area (Å²) in [4.78, 5) is 24.3. The van der Waals surface area contributed by atoms with Crippen LogP contribution in [-0.4, -0.2) is 53.6 Å². The lowest BCUT2D eigenvalue weighted by Gasteiger charge is -2.24. The maximum absolute atomic E-state index is 15.5. The summed E-state index contributed by atoms with van der Waals surface area (Å²) in [5, 5.41) is 13.3. The minimum Gasteiger partial charge on any atom is -0.378 e. The van der Waals surface area contributed by atoms with E-state index < -0.39 is 11.6 Å². The van der Waals surface area contributed by atoms with Gasteiger partial charge in [-0.2, -0.15) is 0 Å². The van der Waals surface area contributed by atoms with Crippen LogP contribution in [0.5, 0.6) is 0 Å². The van der Waals surface area contributed by atoms with E-state index in [0.29, 0.717) is 50.4 Å². The van der Waals surface area contributed by atoms with Gasteiger partial charge in [0.15, 0.2) is 0 Å². The van der Waals surface area contributed by atoms with Crippen LogP contribution in [0.2, 0.25) is 0 Å². The van der Waals surface area contributed by atoms with Gasteiger partial charge in [0.25, 0.3) is 11.8 Å². The molecule has 1 unspecified atom stereocenters. The molecule has 2 N–H and O–H groups in total. The zero-order chi connectivity index (χ0) is 22.3. The van der Waals surface area contributed by atoms with Gasteiger partial charge in [0.2, 0.25) is 5.67 Å². The summed E-state index contributed by atoms with van der Waals surface area (Å²) in [7, 11) is 1.43. The average Bonchev–Trinajstić information content (AvgIpc) is 3.16. The van der Waals surface area contributed by atoms with Crippen LogP contribution in [0, 0.1) is 3.57 Å². The maximum atomic E-state index is 15.5. The molecule has 0 spiro atoms. The van der Waals surface area contributed by atoms with Crippen LogP contribution in [-0.2, 0) is 28.2 Å². The lowest BCUT2D eigenvalue weighted by molar-refractivity contribution is -0.134. The molecule has 1 aliphatic rings. The normalized spacial score (nSPS) is 18.5. The molecule has 0 saturated carbocycles. The fraction of sp³-hybridized carbons (Fsp3) is 0.524. The third-order valence-electron chi connectivity index (χ3n) is 5.32. The van der Waals surface area contributed by atoms with E-state index in [1.807, 2.05) is 12.1 Å². The molecular weight excluding hydrogens is 514 g/mol. The van der Waals surface area contributed by atoms with E-state index in [4.69, 9.17) is 4.74 Å². The molecule has 8 nitrogen and oxygen atoms in total. The van der Waals surface area contributed by atoms with Crippen molar-refractivity contribution < 1.29 is 18.7 Å². The Morgan fingerprint density at radius 1 is 1.23 bits per heavy atom. The van der Waals surface area contributed by atoms with Crippen molar-refractivity contribution in [1.29, 1.82) is 0 Å². The second kappa shape index (κ2) is 11.0. The Labute approximate surface area is 194 Å². The van der Waals surface area contributed by atoms with E-state index in [9.17, 15) is 9.59 Å². The topological polar surface area (TPSA) is 98.1 Å². The van der Waals surface area contributed by atoms with Gasteiger partial charge in [0.05, 0.1) is 25.5 Å². The van der Waals surface area contributed by atoms with E-state index in [2.05, 4.69) is 43.5 Å². The van der Waals surface area contributed by atoms with E-state index in [1.165, 1.54) is 7.05 Å². The highest BCUT2D eigenvalue weighted by Gasteiger charge is 2.45. The van der Waals surface area contributed by atoms with Gasteiger partial charge < -0.3 is 15.4 Å². The Balaban J connectivity index is 1.50. The van der Waals surface area contributed by atoms with Crippen LogP contribution in [0.3, 0.4) is 0 Å². The number of ether oxygens (including phenoxy) is 1. The Bertz CT molecular complexity index is 905. The van der Waals surface area contributed by atoms with Crippen molar-refractivity contribution in [3.8, 4) is 0 Å². The minimum absolute atomic E-state index is 0.106. The summed E-state index contributed by atoms with van der Waals surface area (Å²) in [6, 6.07) is 7.32. The lowest BCUT2D eigenvalue weighted by atomic mass is 9.88. The summed E-state index contributed by atoms with van der Waals surface area (Å²) in [6.07, 6.45) is 3.11. The molecule has 10 heteroatoms. The number of nitrogens with zero attached hydrogens (tertiary/aromatic N) is 3. The minimum atomic E-state index is -2.15. The van der Waals surface area contributed by atoms with Crippen molar-refractivity contribution in [2.75, 3.05) is 26.8 Å². The number of carbonyl (C=O) groups is 2. The lowest BCUT2D eigenvalue weighted by Crippen LogP contribution is -2.41. The standard InChI is InChI=1S/C21H27FIN5O3/c1-24-20(30)21(22)10-4-2-3-5-17-18(21)26-27-28(17)12-14-31-13-11-25-19(29)15-6-8-16(23)9-7-15/h6-9H,2-5,10-14H2,1H3,(H,24,30)(H,25,29)/i23-2. The number of benzene rings is 1. The van der Waals surface area contributed by atoms with Crippen LogP contribution in [0.15, 0.2) is 24.3 Å². The van der Waals surface area contributed by atoms with Crippen LogP contribution in [0.4, 0.5) is 4.39 Å². The first-order valence-corrected chi connectivity index (χ1v) is 11.5. The highest BCUT2D eigenvalue weighted by atomic mass is 125. The van der Waals surface area contributed by atoms with Crippen LogP contribution in [0.1, 0.15) is 47.4 Å². The second-order valence-electron chi connectivity index (χ2n) is 7.42. The van der Waals surface area contributed by atoms with Crippen molar-refractivity contribution in [3.63, 3.8) is 0 Å². The first-order valence-electron chi connectivity index (χ1n) is 10.4. The fourth-order valence-electron chi connectivity index (χ4n) is 3.64. The largest absolute Gasteiger partial charge is 0.378 e. The second-order valence-corrected chi connectivity index (χ2v) is 8.67. The van der Waals surface area contributed by atoms with E-state index >= 15 is 4.39 Å². The number of amides is 2. The maximum Gasteiger partial charge on any atom is 0.263 e. The van der Waals surface area contributed by atoms with Gasteiger partial charge in [-0.3, -0.25) is 9.59 Å². The highest BCUT2D eigenvalue weighted by molar-refractivity contribution is 14.1. The predicted molar refractivity (Wildman–Crippen MR) is 121 cm³/mol. The van der Waals surface area contributed by atoms with Gasteiger partial charge in [-0.1, -0.05) is 11.6 Å². The Morgan fingerprint density at radius 3 is 2.74 bits per heavy atom. The number of nitrogens with one attached hydrogen (secondary N) is 2. The number of likely N-dealkylation sites (N-methyl/N-ethyl adjacent to an activating group) is 1. The monoisotopic (exact) mass is 541 g/mol. The Morgan fingerprint density at radius 2 is 2.00 bits per heavy atom. The van der Waals surface area contributed by atoms with Crippen LogP contribution < -0.4 is 10.6 Å². The third kappa shape index (κ3) is 5.79. The quantitative estimate of drug-likeness (QED) is 0.395. The molecule has 0 radical (unpaired) electrons. The number of alkyl halides is 1. The summed E-state index contributed by atoms with van der Waals surface area (Å²) in [5.41, 5.74) is -0.770. The molecule has 3 rings (SSSR count). The fourth-order valence-corrected chi connectivity index (χ4v) is 4.00. The van der Waals surface area contributed by atoms with Crippen molar-refractivity contribution in [2.45, 2.75) is 44.3 Å². The van der Waals surface area contributed by atoms with Crippen LogP contribution >= 0.6 is 22.6 Å². The molecule has 1 aromatic heterocycles. The molecule has 2 aromatic rings. The Kier molecular flexibility index (Phi) is 8.35. The van der Waals surface area contributed by atoms with Crippen molar-refractivity contribution >= 4 is 34.4 Å². The molecular formula is C21H27FIN5O3. The highest BCUT2D eigenvalue weighted by Crippen LogP contribution is 2.35. The number of hydrogen-bond acceptors (Lipinski definition) is 5. The molecule has 0 saturated heterocycles. The smallest absolute Gasteiger partial charge is 0.263 e. The van der Waals surface area contributed by atoms with E-state index in [0.717, 1.165) is 16.4 Å². The Hall–Kier alpha value is -2.08. The molecule has 1 heterocycles. The SMILES string of the molecule is CNC(=O)C1(F)CCCCCc2c1nnn2CCOCCNC(=O)c1ccc([125I])cc1. The third-order valence-corrected chi connectivity index (χ3v) is 6.04. The van der Waals surface area contributed by atoms with Crippen molar-refractivity contribution in [2.24, 2.45) is 0 Å². The van der Waals surface area contributed by atoms with E-state index in [1.54, 1.807) is 16.8 Å². The number of halogens is 2. The zero-order valence-corrected chi connectivity index (χ0v) is 19.7. The number of rotatable bonds is 8. The van der Waals surface area contributed by atoms with Crippen molar-refractivity contribution in [1.82, 2.24) is 25.6 Å². The number of aromatic nitrogens is 3. The molecule has 0 bridgehead atoms. The molecule has 168 valence electrons. The van der Waals surface area contributed by atoms with Gasteiger partial charge in [-0.15, -0.1) is 5.10 Å². The van der Waals surface area contributed by atoms with Gasteiger partial charge in [0.1, 0.15) is 5.69 Å². The molecule has 31 heavy (non-hydrogen) atoms. The number of carbonyl (C=O) groups excluding carboxylic acids is 2. The predicted octanol–water partition coefficient (Wildman–Crippen LogP) is 2.36. The number of hydrogen-bond donors (Lipinski definition) is 2. The summed E-state index contributed by atoms with van der Waals surface area (Å²) >= 11 is 2.19. The van der Waals surface area contributed by atoms with Gasteiger partial charge in [-0.05, 0) is 72.5 Å². The van der Waals surface area contributed by atoms with Gasteiger partial charge >= 0.3 is 0 Å². The van der Waals surface area contributed by atoms with Gasteiger partial charge in [0, 0.05) is 22.7 Å². The van der Waals surface area contributed by atoms with Crippen molar-refractivity contribution in [3.05, 3.63) is 44.8 Å². The first kappa shape index (κ1) is 23.6. The van der Waals surface area contributed by atoms with Crippen LogP contribution in [0.25, 0.3) is 0 Å². The molecule has 2 amide bonds. The summed E-state index contributed by atoms with van der Waals surface area (Å²) in [6.45, 7) is 1.47. The summed E-state index contributed by atoms with van der Waals surface area (Å²) in [5.74, 6) is -0.825. The molecule has 0 fully saturated rings. The molecule has 1 atom stereocenters. The molecule has 0 aliphatic heterocycles. The van der Waals surface area contributed by atoms with E-state index in [-0.39, 0.29) is 18.0 Å². The zero-order valence-electron chi connectivity index (χ0n) is 17.5. The summed E-state index contributed by atoms with van der Waals surface area (Å²) < 4.78 is 23.8. The average molecular weight is 541 g/mol. The molecule has 1 aliphatic carbocycles.